The van der Waals surface area contributed by atoms with Crippen molar-refractivity contribution in [2.24, 2.45) is 0 Å². The van der Waals surface area contributed by atoms with Crippen molar-refractivity contribution in [2.45, 2.75) is 0 Å². The van der Waals surface area contributed by atoms with Gasteiger partial charge in [-0.05, 0) is 47.8 Å². The van der Waals surface area contributed by atoms with E-state index in [1.54, 1.807) is 11.3 Å². The summed E-state index contributed by atoms with van der Waals surface area (Å²) in [6, 6.07) is 14.3. The predicted octanol–water partition coefficient (Wildman–Crippen LogP) is 3.59. The smallest absolute Gasteiger partial charge is 0.251 e. The van der Waals surface area contributed by atoms with Gasteiger partial charge in [-0.25, -0.2) is 4.39 Å². The van der Waals surface area contributed by atoms with E-state index in [1.165, 1.54) is 40.0 Å². The Hall–Kier alpha value is -2.44. The standard InChI is InChI=1S/C21H22FN3OS/c22-17-6-4-16(5-7-17)21(26)23-9-10-24-11-13-25(14-12-24)19-2-1-3-20-18(19)8-15-27-20/h1-8,15H,9-14H2,(H,23,26). The maximum Gasteiger partial charge on any atom is 0.251 e. The molecule has 1 saturated heterocycles. The molecule has 140 valence electrons. The maximum absolute atomic E-state index is 12.9. The molecule has 4 nitrogen and oxygen atoms in total. The lowest BCUT2D eigenvalue weighted by atomic mass is 10.2. The third-order valence-electron chi connectivity index (χ3n) is 5.01. The molecule has 3 aromatic rings. The van der Waals surface area contributed by atoms with Crippen molar-refractivity contribution in [3.63, 3.8) is 0 Å². The van der Waals surface area contributed by atoms with Gasteiger partial charge in [-0.15, -0.1) is 11.3 Å². The van der Waals surface area contributed by atoms with Gasteiger partial charge in [-0.1, -0.05) is 6.07 Å². The molecule has 1 aliphatic heterocycles. The zero-order valence-corrected chi connectivity index (χ0v) is 15.8. The van der Waals surface area contributed by atoms with Crippen molar-refractivity contribution in [1.82, 2.24) is 10.2 Å². The number of halogens is 1. The van der Waals surface area contributed by atoms with E-state index in [1.807, 2.05) is 0 Å². The molecule has 0 saturated carbocycles. The van der Waals surface area contributed by atoms with E-state index in [-0.39, 0.29) is 11.7 Å². The Bertz CT molecular complexity index is 917. The van der Waals surface area contributed by atoms with Gasteiger partial charge in [0.25, 0.3) is 5.91 Å². The molecule has 1 amide bonds. The number of nitrogens with one attached hydrogen (secondary N) is 1. The monoisotopic (exact) mass is 383 g/mol. The second-order valence-corrected chi connectivity index (χ2v) is 7.65. The number of nitrogens with zero attached hydrogens (tertiary/aromatic N) is 2. The van der Waals surface area contributed by atoms with E-state index in [0.717, 1.165) is 32.7 Å². The van der Waals surface area contributed by atoms with Crippen LogP contribution in [0.5, 0.6) is 0 Å². The van der Waals surface area contributed by atoms with Crippen LogP contribution in [0.15, 0.2) is 53.9 Å². The fourth-order valence-electron chi connectivity index (χ4n) is 3.50. The Morgan fingerprint density at radius 3 is 2.59 bits per heavy atom. The van der Waals surface area contributed by atoms with Gasteiger partial charge >= 0.3 is 0 Å². The second kappa shape index (κ2) is 8.06. The molecule has 0 radical (unpaired) electrons. The van der Waals surface area contributed by atoms with Crippen molar-refractivity contribution in [2.75, 3.05) is 44.2 Å². The van der Waals surface area contributed by atoms with E-state index in [9.17, 15) is 9.18 Å². The van der Waals surface area contributed by atoms with Crippen molar-refractivity contribution >= 4 is 33.0 Å². The van der Waals surface area contributed by atoms with Crippen LogP contribution >= 0.6 is 11.3 Å². The minimum atomic E-state index is -0.331. The number of benzene rings is 2. The summed E-state index contributed by atoms with van der Waals surface area (Å²) in [5.41, 5.74) is 1.81. The van der Waals surface area contributed by atoms with E-state index >= 15 is 0 Å². The van der Waals surface area contributed by atoms with Crippen LogP contribution in [-0.2, 0) is 0 Å². The first-order chi connectivity index (χ1) is 13.2. The SMILES string of the molecule is O=C(NCCN1CCN(c2cccc3sccc23)CC1)c1ccc(F)cc1. The zero-order chi connectivity index (χ0) is 18.6. The van der Waals surface area contributed by atoms with Gasteiger partial charge in [0.2, 0.25) is 0 Å². The quantitative estimate of drug-likeness (QED) is 0.731. The van der Waals surface area contributed by atoms with Crippen molar-refractivity contribution in [1.29, 1.82) is 0 Å². The second-order valence-electron chi connectivity index (χ2n) is 6.70. The molecule has 0 spiro atoms. The molecular weight excluding hydrogens is 361 g/mol. The fraction of sp³-hybridized carbons (Fsp3) is 0.286. The summed E-state index contributed by atoms with van der Waals surface area (Å²) >= 11 is 1.78. The molecule has 1 fully saturated rings. The van der Waals surface area contributed by atoms with E-state index in [2.05, 4.69) is 44.8 Å². The average molecular weight is 383 g/mol. The number of thiophene rings is 1. The van der Waals surface area contributed by atoms with Crippen LogP contribution in [0.3, 0.4) is 0 Å². The van der Waals surface area contributed by atoms with E-state index in [4.69, 9.17) is 0 Å². The highest BCUT2D eigenvalue weighted by molar-refractivity contribution is 7.17. The minimum absolute atomic E-state index is 0.155. The number of hydrogen-bond acceptors (Lipinski definition) is 4. The third kappa shape index (κ3) is 4.12. The zero-order valence-electron chi connectivity index (χ0n) is 15.0. The average Bonchev–Trinajstić information content (AvgIpc) is 3.18. The van der Waals surface area contributed by atoms with Crippen LogP contribution in [0, 0.1) is 5.82 Å². The number of fused-ring (bicyclic) bond motifs is 1. The Morgan fingerprint density at radius 1 is 1.04 bits per heavy atom. The van der Waals surface area contributed by atoms with Crippen LogP contribution in [0.25, 0.3) is 10.1 Å². The molecule has 0 bridgehead atoms. The molecule has 27 heavy (non-hydrogen) atoms. The van der Waals surface area contributed by atoms with Crippen LogP contribution < -0.4 is 10.2 Å². The molecule has 2 aromatic carbocycles. The van der Waals surface area contributed by atoms with Gasteiger partial charge in [-0.2, -0.15) is 0 Å². The summed E-state index contributed by atoms with van der Waals surface area (Å²) in [5.74, 6) is -0.486. The molecule has 6 heteroatoms. The van der Waals surface area contributed by atoms with Crippen LogP contribution in [0.4, 0.5) is 10.1 Å². The summed E-state index contributed by atoms with van der Waals surface area (Å²) < 4.78 is 14.3. The van der Waals surface area contributed by atoms with E-state index < -0.39 is 0 Å². The largest absolute Gasteiger partial charge is 0.368 e. The number of anilines is 1. The molecule has 2 heterocycles. The molecule has 4 rings (SSSR count). The first kappa shape index (κ1) is 17.9. The number of rotatable bonds is 5. The summed E-state index contributed by atoms with van der Waals surface area (Å²) in [6.45, 7) is 5.35. The lowest BCUT2D eigenvalue weighted by molar-refractivity contribution is 0.0947. The molecule has 0 unspecified atom stereocenters. The fourth-order valence-corrected chi connectivity index (χ4v) is 4.30. The number of carbonyl (C=O) groups excluding carboxylic acids is 1. The van der Waals surface area contributed by atoms with Gasteiger partial charge in [-0.3, -0.25) is 9.69 Å². The maximum atomic E-state index is 12.9. The predicted molar refractivity (Wildman–Crippen MR) is 109 cm³/mol. The number of amides is 1. The molecule has 0 aliphatic carbocycles. The molecule has 1 aliphatic rings. The van der Waals surface area contributed by atoms with Gasteiger partial charge in [0.05, 0.1) is 0 Å². The highest BCUT2D eigenvalue weighted by Gasteiger charge is 2.18. The topological polar surface area (TPSA) is 35.6 Å². The number of hydrogen-bond donors (Lipinski definition) is 1. The number of carbonyl (C=O) groups is 1. The third-order valence-corrected chi connectivity index (χ3v) is 5.89. The molecular formula is C21H22FN3OS. The lowest BCUT2D eigenvalue weighted by Gasteiger charge is -2.36. The molecule has 0 atom stereocenters. The Kier molecular flexibility index (Phi) is 5.36. The first-order valence-corrected chi connectivity index (χ1v) is 10.1. The van der Waals surface area contributed by atoms with Crippen LogP contribution in [0.1, 0.15) is 10.4 Å². The summed E-state index contributed by atoms with van der Waals surface area (Å²) in [6.07, 6.45) is 0. The Balaban J connectivity index is 1.26. The summed E-state index contributed by atoms with van der Waals surface area (Å²) in [7, 11) is 0. The van der Waals surface area contributed by atoms with Gasteiger partial charge < -0.3 is 10.2 Å². The Labute approximate surface area is 162 Å². The summed E-state index contributed by atoms with van der Waals surface area (Å²) in [5, 5.41) is 6.40. The van der Waals surface area contributed by atoms with Crippen molar-refractivity contribution in [3.8, 4) is 0 Å². The lowest BCUT2D eigenvalue weighted by Crippen LogP contribution is -2.48. The highest BCUT2D eigenvalue weighted by atomic mass is 32.1. The van der Waals surface area contributed by atoms with E-state index in [0.29, 0.717) is 12.1 Å². The molecule has 1 N–H and O–H groups in total. The summed E-state index contributed by atoms with van der Waals surface area (Å²) in [4.78, 5) is 16.9. The van der Waals surface area contributed by atoms with Gasteiger partial charge in [0.15, 0.2) is 0 Å². The van der Waals surface area contributed by atoms with Crippen molar-refractivity contribution < 1.29 is 9.18 Å². The Morgan fingerprint density at radius 2 is 1.81 bits per heavy atom. The van der Waals surface area contributed by atoms with Gasteiger partial charge in [0.1, 0.15) is 5.82 Å². The van der Waals surface area contributed by atoms with Gasteiger partial charge in [0, 0.05) is 60.6 Å². The molecule has 1 aromatic heterocycles. The van der Waals surface area contributed by atoms with Crippen LogP contribution in [0.2, 0.25) is 0 Å². The van der Waals surface area contributed by atoms with Crippen molar-refractivity contribution in [3.05, 3.63) is 65.3 Å². The first-order valence-electron chi connectivity index (χ1n) is 9.18. The normalized spacial score (nSPS) is 15.2. The van der Waals surface area contributed by atoms with Crippen LogP contribution in [-0.4, -0.2) is 50.1 Å². The minimum Gasteiger partial charge on any atom is -0.368 e. The highest BCUT2D eigenvalue weighted by Crippen LogP contribution is 2.30. The number of piperazine rings is 1.